The molecule has 0 saturated carbocycles. The van der Waals surface area contributed by atoms with E-state index in [0.29, 0.717) is 29.0 Å². The molecule has 0 bridgehead atoms. The first-order valence-electron chi connectivity index (χ1n) is 3.87. The second-order valence-electron chi connectivity index (χ2n) is 2.67. The van der Waals surface area contributed by atoms with Crippen molar-refractivity contribution >= 4 is 29.0 Å². The minimum atomic E-state index is 0.537. The Balaban J connectivity index is 2.88. The largest absolute Gasteiger partial charge is 0.357 e. The normalized spacial score (nSPS) is 10.2. The zero-order valence-corrected chi connectivity index (χ0v) is 8.81. The minimum Gasteiger partial charge on any atom is -0.357 e. The van der Waals surface area contributed by atoms with Gasteiger partial charge in [0.2, 0.25) is 0 Å². The number of pyridine rings is 1. The van der Waals surface area contributed by atoms with Crippen molar-refractivity contribution in [1.29, 1.82) is 0 Å². The average Bonchev–Trinajstić information content (AvgIpc) is 2.04. The number of hydrogen-bond acceptors (Lipinski definition) is 3. The molecular formula is C8H11Cl2N3. The highest BCUT2D eigenvalue weighted by Crippen LogP contribution is 2.24. The van der Waals surface area contributed by atoms with Crippen molar-refractivity contribution < 1.29 is 0 Å². The molecule has 0 radical (unpaired) electrons. The van der Waals surface area contributed by atoms with E-state index in [2.05, 4.69) is 4.98 Å². The Morgan fingerprint density at radius 3 is 2.77 bits per heavy atom. The summed E-state index contributed by atoms with van der Waals surface area (Å²) < 4.78 is 0. The SMILES string of the molecule is CN(CCN)c1ncc(Cl)cc1Cl. The molecule has 0 aliphatic carbocycles. The van der Waals surface area contributed by atoms with Crippen molar-refractivity contribution in [2.45, 2.75) is 0 Å². The number of rotatable bonds is 3. The molecule has 5 heteroatoms. The molecule has 0 fully saturated rings. The van der Waals surface area contributed by atoms with E-state index in [1.54, 1.807) is 12.3 Å². The van der Waals surface area contributed by atoms with Gasteiger partial charge in [0.05, 0.1) is 10.0 Å². The molecule has 0 aromatic carbocycles. The van der Waals surface area contributed by atoms with Crippen LogP contribution in [0.5, 0.6) is 0 Å². The Kier molecular flexibility index (Phi) is 3.78. The Morgan fingerprint density at radius 1 is 1.54 bits per heavy atom. The van der Waals surface area contributed by atoms with E-state index in [-0.39, 0.29) is 0 Å². The lowest BCUT2D eigenvalue weighted by Gasteiger charge is -2.17. The van der Waals surface area contributed by atoms with Gasteiger partial charge in [-0.1, -0.05) is 23.2 Å². The van der Waals surface area contributed by atoms with Gasteiger partial charge in [0.1, 0.15) is 5.82 Å². The van der Waals surface area contributed by atoms with E-state index in [9.17, 15) is 0 Å². The molecule has 0 aliphatic heterocycles. The number of halogens is 2. The Morgan fingerprint density at radius 2 is 2.23 bits per heavy atom. The van der Waals surface area contributed by atoms with Crippen molar-refractivity contribution in [1.82, 2.24) is 4.98 Å². The summed E-state index contributed by atoms with van der Waals surface area (Å²) in [5.41, 5.74) is 5.41. The van der Waals surface area contributed by atoms with Gasteiger partial charge in [-0.2, -0.15) is 0 Å². The topological polar surface area (TPSA) is 42.1 Å². The lowest BCUT2D eigenvalue weighted by Crippen LogP contribution is -2.25. The van der Waals surface area contributed by atoms with Crippen LogP contribution in [0.3, 0.4) is 0 Å². The van der Waals surface area contributed by atoms with E-state index in [0.717, 1.165) is 0 Å². The lowest BCUT2D eigenvalue weighted by molar-refractivity contribution is 0.869. The minimum absolute atomic E-state index is 0.537. The van der Waals surface area contributed by atoms with E-state index >= 15 is 0 Å². The van der Waals surface area contributed by atoms with Gasteiger partial charge in [-0.15, -0.1) is 0 Å². The summed E-state index contributed by atoms with van der Waals surface area (Å²) in [5.74, 6) is 0.705. The Hall–Kier alpha value is -0.510. The summed E-state index contributed by atoms with van der Waals surface area (Å²) in [6, 6.07) is 1.67. The van der Waals surface area contributed by atoms with Gasteiger partial charge in [0.15, 0.2) is 0 Å². The molecule has 1 heterocycles. The van der Waals surface area contributed by atoms with E-state index in [1.165, 1.54) is 0 Å². The van der Waals surface area contributed by atoms with Crippen molar-refractivity contribution in [2.75, 3.05) is 25.0 Å². The van der Waals surface area contributed by atoms with Crippen molar-refractivity contribution in [3.05, 3.63) is 22.3 Å². The van der Waals surface area contributed by atoms with E-state index < -0.39 is 0 Å². The quantitative estimate of drug-likeness (QED) is 0.844. The van der Waals surface area contributed by atoms with Gasteiger partial charge in [-0.3, -0.25) is 0 Å². The van der Waals surface area contributed by atoms with Gasteiger partial charge in [-0.25, -0.2) is 4.98 Å². The zero-order valence-electron chi connectivity index (χ0n) is 7.30. The van der Waals surface area contributed by atoms with Crippen molar-refractivity contribution in [3.63, 3.8) is 0 Å². The summed E-state index contributed by atoms with van der Waals surface area (Å²) >= 11 is 11.6. The van der Waals surface area contributed by atoms with Crippen LogP contribution in [0.1, 0.15) is 0 Å². The maximum absolute atomic E-state index is 5.93. The van der Waals surface area contributed by atoms with Gasteiger partial charge in [-0.05, 0) is 6.07 Å². The van der Waals surface area contributed by atoms with Gasteiger partial charge in [0, 0.05) is 26.3 Å². The standard InChI is InChI=1S/C8H11Cl2N3/c1-13(3-2-11)8-7(10)4-6(9)5-12-8/h4-5H,2-3,11H2,1H3. The first kappa shape index (κ1) is 10.6. The number of anilines is 1. The molecule has 0 saturated heterocycles. The number of nitrogens with two attached hydrogens (primary N) is 1. The summed E-state index contributed by atoms with van der Waals surface area (Å²) in [5, 5.41) is 1.08. The molecule has 1 aromatic heterocycles. The third-order valence-electron chi connectivity index (χ3n) is 1.61. The predicted molar refractivity (Wildman–Crippen MR) is 56.6 cm³/mol. The first-order valence-corrected chi connectivity index (χ1v) is 4.63. The van der Waals surface area contributed by atoms with Crippen LogP contribution in [-0.4, -0.2) is 25.1 Å². The number of nitrogens with zero attached hydrogens (tertiary/aromatic N) is 2. The third kappa shape index (κ3) is 2.72. The van der Waals surface area contributed by atoms with Crippen LogP contribution in [0.15, 0.2) is 12.3 Å². The van der Waals surface area contributed by atoms with Crippen LogP contribution in [-0.2, 0) is 0 Å². The highest BCUT2D eigenvalue weighted by atomic mass is 35.5. The molecule has 0 aliphatic rings. The zero-order chi connectivity index (χ0) is 9.84. The van der Waals surface area contributed by atoms with Crippen LogP contribution in [0.4, 0.5) is 5.82 Å². The summed E-state index contributed by atoms with van der Waals surface area (Å²) in [7, 11) is 1.88. The van der Waals surface area contributed by atoms with Gasteiger partial charge < -0.3 is 10.6 Å². The summed E-state index contributed by atoms with van der Waals surface area (Å²) in [6.45, 7) is 1.28. The predicted octanol–water partition coefficient (Wildman–Crippen LogP) is 1.78. The molecular weight excluding hydrogens is 209 g/mol. The molecule has 0 amide bonds. The van der Waals surface area contributed by atoms with E-state index in [4.69, 9.17) is 28.9 Å². The molecule has 13 heavy (non-hydrogen) atoms. The fraction of sp³-hybridized carbons (Fsp3) is 0.375. The average molecular weight is 220 g/mol. The molecule has 3 nitrogen and oxygen atoms in total. The molecule has 0 unspecified atom stereocenters. The Bertz CT molecular complexity index is 291. The van der Waals surface area contributed by atoms with Crippen LogP contribution in [0, 0.1) is 0 Å². The van der Waals surface area contributed by atoms with Gasteiger partial charge >= 0.3 is 0 Å². The van der Waals surface area contributed by atoms with Crippen molar-refractivity contribution in [2.24, 2.45) is 5.73 Å². The second-order valence-corrected chi connectivity index (χ2v) is 3.51. The summed E-state index contributed by atoms with van der Waals surface area (Å²) in [6.07, 6.45) is 1.57. The highest BCUT2D eigenvalue weighted by molar-refractivity contribution is 6.35. The second kappa shape index (κ2) is 4.65. The smallest absolute Gasteiger partial charge is 0.147 e. The summed E-state index contributed by atoms with van der Waals surface area (Å²) in [4.78, 5) is 5.99. The Labute approximate surface area is 87.5 Å². The van der Waals surface area contributed by atoms with Crippen LogP contribution in [0.2, 0.25) is 10.0 Å². The maximum Gasteiger partial charge on any atom is 0.147 e. The number of likely N-dealkylation sites (N-methyl/N-ethyl adjacent to an activating group) is 1. The van der Waals surface area contributed by atoms with E-state index in [1.807, 2.05) is 11.9 Å². The van der Waals surface area contributed by atoms with Crippen molar-refractivity contribution in [3.8, 4) is 0 Å². The molecule has 0 spiro atoms. The van der Waals surface area contributed by atoms with Crippen LogP contribution < -0.4 is 10.6 Å². The molecule has 1 aromatic rings. The van der Waals surface area contributed by atoms with Gasteiger partial charge in [0.25, 0.3) is 0 Å². The highest BCUT2D eigenvalue weighted by Gasteiger charge is 2.06. The molecule has 2 N–H and O–H groups in total. The monoisotopic (exact) mass is 219 g/mol. The number of aromatic nitrogens is 1. The fourth-order valence-corrected chi connectivity index (χ4v) is 1.51. The van der Waals surface area contributed by atoms with Crippen LogP contribution >= 0.6 is 23.2 Å². The molecule has 0 atom stereocenters. The maximum atomic E-state index is 5.93. The molecule has 1 rings (SSSR count). The third-order valence-corrected chi connectivity index (χ3v) is 2.10. The number of hydrogen-bond donors (Lipinski definition) is 1. The lowest BCUT2D eigenvalue weighted by atomic mass is 10.4. The van der Waals surface area contributed by atoms with Crippen LogP contribution in [0.25, 0.3) is 0 Å². The first-order chi connectivity index (χ1) is 6.15. The fourth-order valence-electron chi connectivity index (χ4n) is 0.988. The molecule has 72 valence electrons.